The molecule has 0 amide bonds. The number of hydrazine groups is 1. The number of nitrogens with zero attached hydrogens (tertiary/aromatic N) is 1. The first-order valence-corrected chi connectivity index (χ1v) is 6.68. The number of hydrogen-bond acceptors (Lipinski definition) is 3. The van der Waals surface area contributed by atoms with E-state index in [4.69, 9.17) is 5.84 Å². The molecule has 2 aromatic rings. The summed E-state index contributed by atoms with van der Waals surface area (Å²) in [5.41, 5.74) is 4.71. The van der Waals surface area contributed by atoms with Gasteiger partial charge in [-0.2, -0.15) is 0 Å². The third-order valence-corrected chi connectivity index (χ3v) is 4.37. The minimum absolute atomic E-state index is 0.676. The van der Waals surface area contributed by atoms with Gasteiger partial charge in [-0.25, -0.2) is 10.8 Å². The third-order valence-electron chi connectivity index (χ3n) is 2.22. The van der Waals surface area contributed by atoms with Crippen LogP contribution in [0.4, 0.5) is 5.69 Å². The molecule has 0 radical (unpaired) electrons. The Morgan fingerprint density at radius 2 is 2.06 bits per heavy atom. The van der Waals surface area contributed by atoms with Gasteiger partial charge in [-0.05, 0) is 46.6 Å². The quantitative estimate of drug-likeness (QED) is 0.387. The van der Waals surface area contributed by atoms with Gasteiger partial charge in [-0.15, -0.1) is 11.3 Å². The van der Waals surface area contributed by atoms with Crippen molar-refractivity contribution in [2.45, 2.75) is 6.92 Å². The largest absolute Gasteiger partial charge is 0.307 e. The summed E-state index contributed by atoms with van der Waals surface area (Å²) in [5.74, 6) is 6.20. The number of thiophene rings is 1. The maximum atomic E-state index is 5.52. The fourth-order valence-corrected chi connectivity index (χ4v) is 2.85. The van der Waals surface area contributed by atoms with Gasteiger partial charge in [0.15, 0.2) is 5.84 Å². The molecule has 0 atom stereocenters. The van der Waals surface area contributed by atoms with Crippen LogP contribution in [0.2, 0.25) is 0 Å². The highest BCUT2D eigenvalue weighted by molar-refractivity contribution is 9.11. The van der Waals surface area contributed by atoms with E-state index in [9.17, 15) is 0 Å². The lowest BCUT2D eigenvalue weighted by Crippen LogP contribution is -2.30. The second kappa shape index (κ2) is 5.44. The van der Waals surface area contributed by atoms with Crippen LogP contribution >= 0.6 is 27.3 Å². The van der Waals surface area contributed by atoms with Gasteiger partial charge in [0.1, 0.15) is 0 Å². The maximum Gasteiger partial charge on any atom is 0.158 e. The first-order chi connectivity index (χ1) is 8.20. The predicted molar refractivity (Wildman–Crippen MR) is 76.7 cm³/mol. The zero-order valence-electron chi connectivity index (χ0n) is 9.27. The lowest BCUT2D eigenvalue weighted by molar-refractivity contribution is 1.03. The van der Waals surface area contributed by atoms with Gasteiger partial charge in [0, 0.05) is 0 Å². The third kappa shape index (κ3) is 2.94. The molecule has 1 heterocycles. The van der Waals surface area contributed by atoms with Crippen molar-refractivity contribution in [1.82, 2.24) is 5.43 Å². The molecule has 0 saturated heterocycles. The molecule has 88 valence electrons. The summed E-state index contributed by atoms with van der Waals surface area (Å²) in [6.07, 6.45) is 0. The highest BCUT2D eigenvalue weighted by Gasteiger charge is 2.08. The van der Waals surface area contributed by atoms with Crippen molar-refractivity contribution in [1.29, 1.82) is 0 Å². The first-order valence-electron chi connectivity index (χ1n) is 5.07. The summed E-state index contributed by atoms with van der Waals surface area (Å²) in [6, 6.07) is 11.8. The molecule has 2 rings (SSSR count). The predicted octanol–water partition coefficient (Wildman–Crippen LogP) is 3.36. The van der Waals surface area contributed by atoms with Crippen molar-refractivity contribution in [3.63, 3.8) is 0 Å². The van der Waals surface area contributed by atoms with Crippen LogP contribution in [0.1, 0.15) is 10.4 Å². The van der Waals surface area contributed by atoms with Crippen LogP contribution in [0.25, 0.3) is 0 Å². The van der Waals surface area contributed by atoms with Gasteiger partial charge in [0.05, 0.1) is 14.4 Å². The van der Waals surface area contributed by atoms with Gasteiger partial charge < -0.3 is 5.43 Å². The molecule has 0 fully saturated rings. The molecule has 0 bridgehead atoms. The van der Waals surface area contributed by atoms with Crippen molar-refractivity contribution in [3.8, 4) is 0 Å². The molecule has 0 unspecified atom stereocenters. The SMILES string of the molecule is Cc1cc(C(=Nc2ccccc2)NN)sc1Br. The number of aliphatic imine (C=N–C) groups is 1. The van der Waals surface area contributed by atoms with Gasteiger partial charge in [-0.3, -0.25) is 0 Å². The molecule has 0 saturated carbocycles. The van der Waals surface area contributed by atoms with E-state index in [2.05, 4.69) is 32.4 Å². The fraction of sp³-hybridized carbons (Fsp3) is 0.0833. The Hall–Kier alpha value is -1.17. The number of nitrogens with two attached hydrogens (primary N) is 1. The Labute approximate surface area is 112 Å². The van der Waals surface area contributed by atoms with Crippen molar-refractivity contribution < 1.29 is 0 Å². The highest BCUT2D eigenvalue weighted by Crippen LogP contribution is 2.28. The zero-order chi connectivity index (χ0) is 12.3. The maximum absolute atomic E-state index is 5.52. The molecule has 5 heteroatoms. The van der Waals surface area contributed by atoms with E-state index in [1.807, 2.05) is 37.3 Å². The molecule has 3 nitrogen and oxygen atoms in total. The van der Waals surface area contributed by atoms with E-state index in [1.54, 1.807) is 11.3 Å². The smallest absolute Gasteiger partial charge is 0.158 e. The number of benzene rings is 1. The summed E-state index contributed by atoms with van der Waals surface area (Å²) in [7, 11) is 0. The normalized spacial score (nSPS) is 11.6. The number of nitrogens with one attached hydrogen (secondary N) is 1. The van der Waals surface area contributed by atoms with E-state index in [-0.39, 0.29) is 0 Å². The molecular weight excluding hydrogens is 298 g/mol. The first kappa shape index (κ1) is 12.3. The van der Waals surface area contributed by atoms with Gasteiger partial charge in [0.2, 0.25) is 0 Å². The Morgan fingerprint density at radius 1 is 1.35 bits per heavy atom. The number of amidine groups is 1. The minimum Gasteiger partial charge on any atom is -0.307 e. The molecule has 0 aliphatic heterocycles. The average Bonchev–Trinajstić information content (AvgIpc) is 2.68. The van der Waals surface area contributed by atoms with E-state index >= 15 is 0 Å². The van der Waals surface area contributed by atoms with Crippen LogP contribution < -0.4 is 11.3 Å². The highest BCUT2D eigenvalue weighted by atomic mass is 79.9. The topological polar surface area (TPSA) is 50.4 Å². The van der Waals surface area contributed by atoms with Gasteiger partial charge in [0.25, 0.3) is 0 Å². The second-order valence-electron chi connectivity index (χ2n) is 3.51. The lowest BCUT2D eigenvalue weighted by Gasteiger charge is -2.02. The fourth-order valence-electron chi connectivity index (χ4n) is 1.37. The summed E-state index contributed by atoms with van der Waals surface area (Å²) >= 11 is 5.10. The Kier molecular flexibility index (Phi) is 3.93. The number of aryl methyl sites for hydroxylation is 1. The minimum atomic E-state index is 0.676. The zero-order valence-corrected chi connectivity index (χ0v) is 11.7. The Balaban J connectivity index is 2.37. The molecular formula is C12H12BrN3S. The van der Waals surface area contributed by atoms with Crippen LogP contribution in [0, 0.1) is 6.92 Å². The van der Waals surface area contributed by atoms with Gasteiger partial charge >= 0.3 is 0 Å². The number of hydrogen-bond donors (Lipinski definition) is 2. The molecule has 0 aliphatic rings. The summed E-state index contributed by atoms with van der Waals surface area (Å²) in [6.45, 7) is 2.04. The Morgan fingerprint density at radius 3 is 2.59 bits per heavy atom. The van der Waals surface area contributed by atoms with Crippen LogP contribution in [-0.2, 0) is 0 Å². The monoisotopic (exact) mass is 309 g/mol. The van der Waals surface area contributed by atoms with Crippen LogP contribution in [0.15, 0.2) is 45.2 Å². The van der Waals surface area contributed by atoms with E-state index in [0.29, 0.717) is 5.84 Å². The summed E-state index contributed by atoms with van der Waals surface area (Å²) < 4.78 is 1.10. The number of para-hydroxylation sites is 1. The molecule has 1 aromatic carbocycles. The van der Waals surface area contributed by atoms with Crippen molar-refractivity contribution in [2.24, 2.45) is 10.8 Å². The van der Waals surface area contributed by atoms with Crippen molar-refractivity contribution in [2.75, 3.05) is 0 Å². The average molecular weight is 310 g/mol. The van der Waals surface area contributed by atoms with E-state index < -0.39 is 0 Å². The lowest BCUT2D eigenvalue weighted by atomic mass is 10.3. The van der Waals surface area contributed by atoms with Gasteiger partial charge in [-0.1, -0.05) is 18.2 Å². The molecule has 3 N–H and O–H groups in total. The molecule has 1 aromatic heterocycles. The standard InChI is InChI=1S/C12H12BrN3S/c1-8-7-10(17-11(8)13)12(16-14)15-9-5-3-2-4-6-9/h2-7H,14H2,1H3,(H,15,16). The van der Waals surface area contributed by atoms with Crippen molar-refractivity contribution >= 4 is 38.8 Å². The summed E-state index contributed by atoms with van der Waals surface area (Å²) in [5, 5.41) is 0. The van der Waals surface area contributed by atoms with E-state index in [1.165, 1.54) is 5.56 Å². The Bertz CT molecular complexity index is 514. The van der Waals surface area contributed by atoms with Crippen LogP contribution in [0.5, 0.6) is 0 Å². The number of halogens is 1. The summed E-state index contributed by atoms with van der Waals surface area (Å²) in [4.78, 5) is 5.49. The number of rotatable bonds is 2. The van der Waals surface area contributed by atoms with E-state index in [0.717, 1.165) is 14.4 Å². The van der Waals surface area contributed by atoms with Crippen molar-refractivity contribution in [3.05, 3.63) is 50.6 Å². The van der Waals surface area contributed by atoms with Crippen LogP contribution in [0.3, 0.4) is 0 Å². The second-order valence-corrected chi connectivity index (χ2v) is 5.88. The molecule has 0 spiro atoms. The molecule has 0 aliphatic carbocycles. The molecule has 17 heavy (non-hydrogen) atoms. The van der Waals surface area contributed by atoms with Crippen LogP contribution in [-0.4, -0.2) is 5.84 Å².